The summed E-state index contributed by atoms with van der Waals surface area (Å²) in [5.74, 6) is -0.484. The van der Waals surface area contributed by atoms with E-state index in [2.05, 4.69) is 5.32 Å². The van der Waals surface area contributed by atoms with Crippen LogP contribution in [0.5, 0.6) is 0 Å². The van der Waals surface area contributed by atoms with Crippen molar-refractivity contribution >= 4 is 27.3 Å². The second-order valence-electron chi connectivity index (χ2n) is 6.40. The minimum atomic E-state index is -4.46. The predicted molar refractivity (Wildman–Crippen MR) is 99.4 cm³/mol. The van der Waals surface area contributed by atoms with Gasteiger partial charge in [-0.3, -0.25) is 4.79 Å². The van der Waals surface area contributed by atoms with E-state index in [1.807, 2.05) is 0 Å². The Hall–Kier alpha value is -1.91. The highest BCUT2D eigenvalue weighted by Crippen LogP contribution is 2.32. The first-order chi connectivity index (χ1) is 13.2. The number of alkyl halides is 3. The maximum absolute atomic E-state index is 13.0. The molecule has 1 atom stereocenters. The smallest absolute Gasteiger partial charge is 0.354 e. The van der Waals surface area contributed by atoms with Gasteiger partial charge in [0.1, 0.15) is 10.3 Å². The first-order valence-corrected chi connectivity index (χ1v) is 11.0. The zero-order chi connectivity index (χ0) is 20.4. The lowest BCUT2D eigenvalue weighted by Gasteiger charge is -2.22. The Labute approximate surface area is 165 Å². The quantitative estimate of drug-likeness (QED) is 0.762. The van der Waals surface area contributed by atoms with Gasteiger partial charge in [0.25, 0.3) is 10.0 Å². The van der Waals surface area contributed by atoms with E-state index >= 15 is 0 Å². The fourth-order valence-electron chi connectivity index (χ4n) is 3.27. The molecule has 0 aliphatic carbocycles. The topological polar surface area (TPSA) is 66.5 Å². The van der Waals surface area contributed by atoms with Crippen LogP contribution in [0.15, 0.2) is 46.0 Å². The van der Waals surface area contributed by atoms with Gasteiger partial charge < -0.3 is 5.32 Å². The Bertz CT molecular complexity index is 928. The van der Waals surface area contributed by atoms with Crippen molar-refractivity contribution in [3.05, 3.63) is 52.9 Å². The van der Waals surface area contributed by atoms with Crippen LogP contribution in [-0.2, 0) is 27.4 Å². The Morgan fingerprint density at radius 3 is 2.64 bits per heavy atom. The van der Waals surface area contributed by atoms with Crippen molar-refractivity contribution in [1.82, 2.24) is 9.62 Å². The normalized spacial score (nSPS) is 18.3. The monoisotopic (exact) mass is 432 g/mol. The minimum Gasteiger partial charge on any atom is -0.354 e. The lowest BCUT2D eigenvalue weighted by Crippen LogP contribution is -2.46. The summed E-state index contributed by atoms with van der Waals surface area (Å²) in [7, 11) is -3.75. The molecule has 5 nitrogen and oxygen atoms in total. The van der Waals surface area contributed by atoms with E-state index in [0.29, 0.717) is 12.8 Å². The molecule has 0 spiro atoms. The van der Waals surface area contributed by atoms with Crippen LogP contribution in [-0.4, -0.2) is 37.8 Å². The third-order valence-corrected chi connectivity index (χ3v) is 7.86. The Morgan fingerprint density at radius 2 is 1.96 bits per heavy atom. The zero-order valence-electron chi connectivity index (χ0n) is 14.8. The average molecular weight is 432 g/mol. The molecule has 3 rings (SSSR count). The van der Waals surface area contributed by atoms with Crippen molar-refractivity contribution in [2.24, 2.45) is 0 Å². The molecular formula is C18H19F3N2O3S2. The third-order valence-electron chi connectivity index (χ3n) is 4.58. The molecule has 1 amide bonds. The predicted octanol–water partition coefficient (Wildman–Crippen LogP) is 3.28. The highest BCUT2D eigenvalue weighted by Gasteiger charge is 2.39. The van der Waals surface area contributed by atoms with E-state index in [1.54, 1.807) is 11.4 Å². The van der Waals surface area contributed by atoms with Crippen molar-refractivity contribution in [2.75, 3.05) is 13.1 Å². The molecule has 2 aromatic rings. The van der Waals surface area contributed by atoms with Gasteiger partial charge in [0, 0.05) is 13.1 Å². The van der Waals surface area contributed by atoms with Gasteiger partial charge in [-0.1, -0.05) is 24.3 Å². The summed E-state index contributed by atoms with van der Waals surface area (Å²) >= 11 is 1.08. The second kappa shape index (κ2) is 8.22. The van der Waals surface area contributed by atoms with E-state index in [9.17, 15) is 26.4 Å². The Morgan fingerprint density at radius 1 is 1.21 bits per heavy atom. The van der Waals surface area contributed by atoms with Crippen LogP contribution >= 0.6 is 11.3 Å². The molecule has 1 N–H and O–H groups in total. The highest BCUT2D eigenvalue weighted by atomic mass is 32.2. The molecule has 0 saturated carbocycles. The molecule has 1 aromatic carbocycles. The molecule has 1 fully saturated rings. The third kappa shape index (κ3) is 4.39. The number of amides is 1. The number of nitrogens with one attached hydrogen (secondary N) is 1. The maximum atomic E-state index is 13.0. The van der Waals surface area contributed by atoms with Gasteiger partial charge >= 0.3 is 6.18 Å². The summed E-state index contributed by atoms with van der Waals surface area (Å²) < 4.78 is 65.8. The fourth-order valence-corrected chi connectivity index (χ4v) is 6.04. The molecular weight excluding hydrogens is 413 g/mol. The molecule has 1 aliphatic rings. The van der Waals surface area contributed by atoms with Gasteiger partial charge in [-0.2, -0.15) is 17.5 Å². The van der Waals surface area contributed by atoms with E-state index < -0.39 is 33.7 Å². The molecule has 1 saturated heterocycles. The molecule has 1 aromatic heterocycles. The van der Waals surface area contributed by atoms with Gasteiger partial charge in [-0.05, 0) is 42.3 Å². The van der Waals surface area contributed by atoms with Crippen molar-refractivity contribution in [3.8, 4) is 0 Å². The maximum Gasteiger partial charge on any atom is 0.416 e. The van der Waals surface area contributed by atoms with Crippen LogP contribution < -0.4 is 5.32 Å². The zero-order valence-corrected chi connectivity index (χ0v) is 16.4. The number of sulfonamides is 1. The summed E-state index contributed by atoms with van der Waals surface area (Å²) in [4.78, 5) is 12.5. The SMILES string of the molecule is O=C(NCCc1ccccc1C(F)(F)F)C1CCCN1S(=O)(=O)c1cccs1. The number of hydrogen-bond donors (Lipinski definition) is 1. The van der Waals surface area contributed by atoms with Crippen molar-refractivity contribution < 1.29 is 26.4 Å². The number of carbonyl (C=O) groups excluding carboxylic acids is 1. The van der Waals surface area contributed by atoms with E-state index in [-0.39, 0.29) is 29.3 Å². The van der Waals surface area contributed by atoms with Crippen molar-refractivity contribution in [3.63, 3.8) is 0 Å². The minimum absolute atomic E-state index is 0.00465. The molecule has 1 unspecified atom stereocenters. The lowest BCUT2D eigenvalue weighted by atomic mass is 10.0. The number of nitrogens with zero attached hydrogens (tertiary/aromatic N) is 1. The van der Waals surface area contributed by atoms with Crippen LogP contribution in [0.4, 0.5) is 13.2 Å². The summed E-state index contributed by atoms with van der Waals surface area (Å²) in [6.07, 6.45) is -3.52. The summed E-state index contributed by atoms with van der Waals surface area (Å²) in [6.45, 7) is 0.241. The van der Waals surface area contributed by atoms with Crippen LogP contribution in [0, 0.1) is 0 Å². The first-order valence-electron chi connectivity index (χ1n) is 8.69. The standard InChI is InChI=1S/C18H19F3N2O3S2/c19-18(20,21)14-6-2-1-5-13(14)9-10-22-17(24)15-7-3-11-23(15)28(25,26)16-8-4-12-27-16/h1-2,4-6,8,12,15H,3,7,9-11H2,(H,22,24). The number of halogens is 3. The number of thiophene rings is 1. The van der Waals surface area contributed by atoms with Crippen LogP contribution in [0.3, 0.4) is 0 Å². The largest absolute Gasteiger partial charge is 0.416 e. The second-order valence-corrected chi connectivity index (χ2v) is 9.47. The number of benzene rings is 1. The van der Waals surface area contributed by atoms with Gasteiger partial charge in [0.2, 0.25) is 5.91 Å². The Balaban J connectivity index is 1.64. The summed E-state index contributed by atoms with van der Waals surface area (Å²) in [6, 6.07) is 7.48. The molecule has 28 heavy (non-hydrogen) atoms. The van der Waals surface area contributed by atoms with Crippen molar-refractivity contribution in [1.29, 1.82) is 0 Å². The van der Waals surface area contributed by atoms with Crippen molar-refractivity contribution in [2.45, 2.75) is 35.7 Å². The van der Waals surface area contributed by atoms with Gasteiger partial charge in [0.15, 0.2) is 0 Å². The van der Waals surface area contributed by atoms with Gasteiger partial charge in [-0.25, -0.2) is 8.42 Å². The molecule has 1 aliphatic heterocycles. The van der Waals surface area contributed by atoms with Crippen LogP contribution in [0.1, 0.15) is 24.0 Å². The molecule has 152 valence electrons. The van der Waals surface area contributed by atoms with Crippen LogP contribution in [0.2, 0.25) is 0 Å². The number of carbonyl (C=O) groups is 1. The van der Waals surface area contributed by atoms with Crippen LogP contribution in [0.25, 0.3) is 0 Å². The van der Waals surface area contributed by atoms with Gasteiger partial charge in [0.05, 0.1) is 5.56 Å². The van der Waals surface area contributed by atoms with E-state index in [0.717, 1.165) is 17.4 Å². The number of hydrogen-bond acceptors (Lipinski definition) is 4. The number of rotatable bonds is 6. The molecule has 10 heteroatoms. The van der Waals surface area contributed by atoms with E-state index in [4.69, 9.17) is 0 Å². The average Bonchev–Trinajstić information content (AvgIpc) is 3.33. The summed E-state index contributed by atoms with van der Waals surface area (Å²) in [5.41, 5.74) is -0.642. The molecule has 0 radical (unpaired) electrons. The summed E-state index contributed by atoms with van der Waals surface area (Å²) in [5, 5.41) is 4.24. The van der Waals surface area contributed by atoms with Gasteiger partial charge in [-0.15, -0.1) is 11.3 Å². The highest BCUT2D eigenvalue weighted by molar-refractivity contribution is 7.91. The molecule has 0 bridgehead atoms. The molecule has 2 heterocycles. The van der Waals surface area contributed by atoms with E-state index in [1.165, 1.54) is 28.6 Å². The lowest BCUT2D eigenvalue weighted by molar-refractivity contribution is -0.138. The Kier molecular flexibility index (Phi) is 6.11. The first kappa shape index (κ1) is 20.8. The fraction of sp³-hybridized carbons (Fsp3) is 0.389.